The van der Waals surface area contributed by atoms with Crippen LogP contribution in [0, 0.1) is 13.8 Å². The summed E-state index contributed by atoms with van der Waals surface area (Å²) >= 11 is 1.07. The van der Waals surface area contributed by atoms with Gasteiger partial charge in [-0.15, -0.1) is 11.3 Å². The van der Waals surface area contributed by atoms with Gasteiger partial charge in [-0.3, -0.25) is 14.1 Å². The van der Waals surface area contributed by atoms with E-state index in [-0.39, 0.29) is 22.0 Å². The maximum absolute atomic E-state index is 13.8. The molecule has 0 aliphatic heterocycles. The van der Waals surface area contributed by atoms with Crippen molar-refractivity contribution in [2.24, 2.45) is 0 Å². The molecule has 0 spiro atoms. The second kappa shape index (κ2) is 9.14. The molecule has 0 aliphatic carbocycles. The minimum atomic E-state index is -0.842. The van der Waals surface area contributed by atoms with Gasteiger partial charge in [-0.25, -0.2) is 9.78 Å². The number of ketones is 2. The molecule has 0 atom stereocenters. The van der Waals surface area contributed by atoms with E-state index in [1.54, 1.807) is 38.3 Å². The Balaban J connectivity index is 1.74. The smallest absolute Gasteiger partial charge is 0.439 e. The molecule has 0 saturated heterocycles. The summed E-state index contributed by atoms with van der Waals surface area (Å²) in [6, 6.07) is 14.4. The highest BCUT2D eigenvalue weighted by Gasteiger charge is 2.35. The number of aromatic amines is 1. The molecule has 0 aliphatic rings. The maximum Gasteiger partial charge on any atom is 0.439 e. The standard InChI is InChI=1S/C27H22N4O5S/c1-13-6-5-7-16(12-13)20-19(15(3)32)14(2)29-26-21(20)22(28)25(37-26)24(33)23-27(34)36-30-31(23)17-8-10-18(35-4)11-9-17/h5-12H,1-4H3,(H2-,28,30,33,34)/p+1. The lowest BCUT2D eigenvalue weighted by Crippen LogP contribution is -2.41. The van der Waals surface area contributed by atoms with Gasteiger partial charge in [0.05, 0.1) is 18.5 Å². The summed E-state index contributed by atoms with van der Waals surface area (Å²) in [5.41, 5.74) is 9.53. The van der Waals surface area contributed by atoms with Crippen LogP contribution in [0.1, 0.15) is 43.9 Å². The topological polar surface area (TPSA) is 132 Å². The Bertz CT molecular complexity index is 1760. The van der Waals surface area contributed by atoms with Crippen LogP contribution in [0.2, 0.25) is 0 Å². The number of anilines is 1. The predicted molar refractivity (Wildman–Crippen MR) is 140 cm³/mol. The van der Waals surface area contributed by atoms with Gasteiger partial charge in [0, 0.05) is 28.6 Å². The van der Waals surface area contributed by atoms with E-state index in [4.69, 9.17) is 15.0 Å². The molecule has 0 bridgehead atoms. The number of carbonyl (C=O) groups excluding carboxylic acids is 2. The van der Waals surface area contributed by atoms with Crippen LogP contribution in [0.5, 0.6) is 5.75 Å². The van der Waals surface area contributed by atoms with E-state index in [1.165, 1.54) is 11.6 Å². The third-order valence-corrected chi connectivity index (χ3v) is 7.21. The Morgan fingerprint density at radius 3 is 2.51 bits per heavy atom. The average Bonchev–Trinajstić information content (AvgIpc) is 3.42. The van der Waals surface area contributed by atoms with E-state index in [9.17, 15) is 14.4 Å². The molecule has 0 unspecified atom stereocenters. The Morgan fingerprint density at radius 2 is 1.86 bits per heavy atom. The van der Waals surface area contributed by atoms with Crippen molar-refractivity contribution in [2.45, 2.75) is 20.8 Å². The van der Waals surface area contributed by atoms with Gasteiger partial charge in [-0.1, -0.05) is 29.8 Å². The molecule has 10 heteroatoms. The van der Waals surface area contributed by atoms with Crippen LogP contribution < -0.4 is 20.8 Å². The first-order chi connectivity index (χ1) is 17.7. The number of carbonyl (C=O) groups is 2. The second-order valence-corrected chi connectivity index (χ2v) is 9.59. The van der Waals surface area contributed by atoms with Crippen LogP contribution in [-0.2, 0) is 0 Å². The first kappa shape index (κ1) is 24.1. The van der Waals surface area contributed by atoms with E-state index in [0.717, 1.165) is 22.5 Å². The molecule has 0 radical (unpaired) electrons. The Kier molecular flexibility index (Phi) is 5.96. The molecule has 2 aromatic carbocycles. The number of nitrogens with zero attached hydrogens (tertiary/aromatic N) is 2. The number of nitrogen functional groups attached to an aromatic ring is 1. The molecule has 3 N–H and O–H groups in total. The van der Waals surface area contributed by atoms with E-state index in [0.29, 0.717) is 38.5 Å². The number of nitrogens with two attached hydrogens (primary N) is 1. The van der Waals surface area contributed by atoms with Crippen molar-refractivity contribution >= 4 is 38.8 Å². The van der Waals surface area contributed by atoms with E-state index < -0.39 is 11.4 Å². The second-order valence-electron chi connectivity index (χ2n) is 8.59. The average molecular weight is 516 g/mol. The number of hydrogen-bond donors (Lipinski definition) is 2. The van der Waals surface area contributed by atoms with Gasteiger partial charge in [0.2, 0.25) is 5.69 Å². The highest BCUT2D eigenvalue weighted by atomic mass is 32.1. The van der Waals surface area contributed by atoms with Crippen molar-refractivity contribution in [1.82, 2.24) is 10.3 Å². The number of benzene rings is 2. The highest BCUT2D eigenvalue weighted by molar-refractivity contribution is 7.21. The van der Waals surface area contributed by atoms with Gasteiger partial charge in [0.1, 0.15) is 15.5 Å². The molecule has 9 nitrogen and oxygen atoms in total. The first-order valence-corrected chi connectivity index (χ1v) is 12.2. The summed E-state index contributed by atoms with van der Waals surface area (Å²) in [6.45, 7) is 5.19. The summed E-state index contributed by atoms with van der Waals surface area (Å²) < 4.78 is 11.4. The zero-order chi connectivity index (χ0) is 26.4. The lowest BCUT2D eigenvalue weighted by Gasteiger charge is -2.13. The molecular weight excluding hydrogens is 492 g/mol. The largest absolute Gasteiger partial charge is 0.497 e. The number of rotatable bonds is 6. The number of aromatic nitrogens is 3. The van der Waals surface area contributed by atoms with Gasteiger partial charge in [-0.2, -0.15) is 0 Å². The third kappa shape index (κ3) is 4.01. The Hall–Kier alpha value is -4.57. The fourth-order valence-electron chi connectivity index (χ4n) is 4.44. The number of pyridine rings is 1. The van der Waals surface area contributed by atoms with Gasteiger partial charge in [0.25, 0.3) is 5.78 Å². The number of H-pyrrole nitrogens is 1. The predicted octanol–water partition coefficient (Wildman–Crippen LogP) is 4.16. The SMILES string of the molecule is COc1ccc(-[n+]2[nH]oc(=O)c2C(=O)c2sc3nc(C)c(C(C)=O)c(-c4cccc(C)c4)c3c2N)cc1. The van der Waals surface area contributed by atoms with Gasteiger partial charge in [0.15, 0.2) is 5.78 Å². The van der Waals surface area contributed by atoms with Gasteiger partial charge in [-0.05, 0) is 48.4 Å². The molecule has 0 saturated carbocycles. The normalized spacial score (nSPS) is 11.1. The van der Waals surface area contributed by atoms with Crippen LogP contribution in [0.15, 0.2) is 57.8 Å². The zero-order valence-corrected chi connectivity index (χ0v) is 21.4. The van der Waals surface area contributed by atoms with Crippen molar-refractivity contribution in [1.29, 1.82) is 0 Å². The van der Waals surface area contributed by atoms with Crippen LogP contribution in [0.4, 0.5) is 5.69 Å². The molecule has 3 heterocycles. The molecule has 3 aromatic heterocycles. The molecular formula is C27H23N4O5S+. The summed E-state index contributed by atoms with van der Waals surface area (Å²) in [5.74, 6) is -0.169. The number of hydrogen-bond acceptors (Lipinski definition) is 8. The van der Waals surface area contributed by atoms with Crippen LogP contribution >= 0.6 is 11.3 Å². The van der Waals surface area contributed by atoms with Crippen molar-refractivity contribution in [3.63, 3.8) is 0 Å². The van der Waals surface area contributed by atoms with Gasteiger partial charge >= 0.3 is 11.3 Å². The van der Waals surface area contributed by atoms with Crippen molar-refractivity contribution in [3.8, 4) is 22.6 Å². The molecule has 5 rings (SSSR count). The first-order valence-electron chi connectivity index (χ1n) is 11.3. The minimum absolute atomic E-state index is 0.130. The Morgan fingerprint density at radius 1 is 1.14 bits per heavy atom. The fraction of sp³-hybridized carbons (Fsp3) is 0.148. The monoisotopic (exact) mass is 515 g/mol. The summed E-state index contributed by atoms with van der Waals surface area (Å²) in [7, 11) is 1.54. The highest BCUT2D eigenvalue weighted by Crippen LogP contribution is 2.42. The lowest BCUT2D eigenvalue weighted by atomic mass is 9.92. The number of thiophene rings is 1. The molecule has 0 amide bonds. The van der Waals surface area contributed by atoms with E-state index >= 15 is 0 Å². The van der Waals surface area contributed by atoms with Crippen LogP contribution in [0.25, 0.3) is 27.0 Å². The zero-order valence-electron chi connectivity index (χ0n) is 20.5. The number of aryl methyl sites for hydroxylation is 2. The Labute approximate surface area is 215 Å². The molecule has 186 valence electrons. The summed E-state index contributed by atoms with van der Waals surface area (Å²) in [5, 5.41) is 2.98. The molecule has 5 aromatic rings. The number of fused-ring (bicyclic) bond motifs is 1. The van der Waals surface area contributed by atoms with Crippen molar-refractivity contribution in [3.05, 3.63) is 86.3 Å². The maximum atomic E-state index is 13.8. The number of Topliss-reactive ketones (excluding diaryl/α,β-unsaturated/α-hetero) is 1. The van der Waals surface area contributed by atoms with Crippen molar-refractivity contribution in [2.75, 3.05) is 12.8 Å². The van der Waals surface area contributed by atoms with Gasteiger partial charge < -0.3 is 10.5 Å². The third-order valence-electron chi connectivity index (χ3n) is 6.11. The number of ether oxygens (including phenoxy) is 1. The molecule has 37 heavy (non-hydrogen) atoms. The molecule has 0 fully saturated rings. The van der Waals surface area contributed by atoms with E-state index in [2.05, 4.69) is 10.3 Å². The van der Waals surface area contributed by atoms with Crippen LogP contribution in [-0.4, -0.2) is 28.9 Å². The van der Waals surface area contributed by atoms with Crippen molar-refractivity contribution < 1.29 is 23.5 Å². The number of methoxy groups -OCH3 is 1. The summed E-state index contributed by atoms with van der Waals surface area (Å²) in [6.07, 6.45) is 0. The summed E-state index contributed by atoms with van der Waals surface area (Å²) in [4.78, 5) is 44.3. The quantitative estimate of drug-likeness (QED) is 0.256. The minimum Gasteiger partial charge on any atom is -0.497 e. The van der Waals surface area contributed by atoms with E-state index in [1.807, 2.05) is 31.2 Å². The lowest BCUT2D eigenvalue weighted by molar-refractivity contribution is -0.672. The fourth-order valence-corrected chi connectivity index (χ4v) is 5.53. The van der Waals surface area contributed by atoms with Crippen LogP contribution in [0.3, 0.4) is 0 Å². The number of nitrogens with one attached hydrogen (secondary N) is 1.